The lowest BCUT2D eigenvalue weighted by atomic mass is 9.91. The Kier molecular flexibility index (Phi) is 7.16. The first kappa shape index (κ1) is 26.8. The number of carbonyl (C=O) groups excluding carboxylic acids is 3. The van der Waals surface area contributed by atoms with Crippen LogP contribution in [0.5, 0.6) is 0 Å². The third-order valence-corrected chi connectivity index (χ3v) is 7.70. The zero-order valence-electron chi connectivity index (χ0n) is 23.1. The number of ketones is 2. The van der Waals surface area contributed by atoms with E-state index in [0.717, 1.165) is 33.4 Å². The Morgan fingerprint density at radius 3 is 1.93 bits per heavy atom. The third-order valence-electron chi connectivity index (χ3n) is 7.70. The molecule has 0 saturated carbocycles. The number of Topliss-reactive ketones (excluding diaryl/α,β-unsaturated/α-hetero) is 1. The molecule has 0 saturated heterocycles. The molecule has 204 valence electrons. The van der Waals surface area contributed by atoms with Gasteiger partial charge in [-0.3, -0.25) is 19.8 Å². The first-order valence-electron chi connectivity index (χ1n) is 13.8. The number of rotatable bonds is 8. The third kappa shape index (κ3) is 5.08. The second-order valence-electron chi connectivity index (χ2n) is 10.5. The van der Waals surface area contributed by atoms with E-state index in [9.17, 15) is 14.4 Å². The SMILES string of the molecule is Cc1ccc(CC(=O)C(=N)c2ccc(NC(=O)C3c4ccccc4-c4ccccc43)cc2C(=O)c2ccccc2)cc1. The maximum Gasteiger partial charge on any atom is 0.236 e. The predicted octanol–water partition coefficient (Wildman–Crippen LogP) is 7.16. The van der Waals surface area contributed by atoms with Gasteiger partial charge in [-0.25, -0.2) is 0 Å². The molecule has 5 aromatic carbocycles. The lowest BCUT2D eigenvalue weighted by Crippen LogP contribution is -2.22. The maximum absolute atomic E-state index is 13.8. The van der Waals surface area contributed by atoms with E-state index < -0.39 is 11.7 Å². The molecule has 0 unspecified atom stereocenters. The molecule has 0 fully saturated rings. The lowest BCUT2D eigenvalue weighted by Gasteiger charge is -2.16. The second kappa shape index (κ2) is 11.2. The molecule has 5 aromatic rings. The predicted molar refractivity (Wildman–Crippen MR) is 165 cm³/mol. The molecule has 0 aliphatic heterocycles. The normalized spacial score (nSPS) is 11.8. The van der Waals surface area contributed by atoms with Gasteiger partial charge in [-0.15, -0.1) is 0 Å². The molecule has 0 aromatic heterocycles. The number of nitrogens with one attached hydrogen (secondary N) is 2. The molecule has 1 aliphatic carbocycles. The summed E-state index contributed by atoms with van der Waals surface area (Å²) in [7, 11) is 0. The highest BCUT2D eigenvalue weighted by atomic mass is 16.2. The van der Waals surface area contributed by atoms with Crippen LogP contribution in [-0.2, 0) is 16.0 Å². The fourth-order valence-corrected chi connectivity index (χ4v) is 5.56. The number of benzene rings is 5. The average Bonchev–Trinajstić information content (AvgIpc) is 3.36. The van der Waals surface area contributed by atoms with Gasteiger partial charge >= 0.3 is 0 Å². The summed E-state index contributed by atoms with van der Waals surface area (Å²) in [6.07, 6.45) is 0.0526. The van der Waals surface area contributed by atoms with Gasteiger partial charge in [0.05, 0.1) is 5.92 Å². The van der Waals surface area contributed by atoms with E-state index in [1.807, 2.05) is 85.8 Å². The van der Waals surface area contributed by atoms with E-state index in [4.69, 9.17) is 5.41 Å². The highest BCUT2D eigenvalue weighted by molar-refractivity contribution is 6.46. The van der Waals surface area contributed by atoms with Gasteiger partial charge in [-0.05, 0) is 52.9 Å². The van der Waals surface area contributed by atoms with Crippen LogP contribution in [0.3, 0.4) is 0 Å². The quantitative estimate of drug-likeness (QED) is 0.159. The van der Waals surface area contributed by atoms with Gasteiger partial charge in [0.1, 0.15) is 5.71 Å². The Morgan fingerprint density at radius 1 is 0.690 bits per heavy atom. The van der Waals surface area contributed by atoms with Crippen LogP contribution in [0, 0.1) is 12.3 Å². The van der Waals surface area contributed by atoms with Crippen LogP contribution in [-0.4, -0.2) is 23.2 Å². The summed E-state index contributed by atoms with van der Waals surface area (Å²) in [5.41, 5.74) is 6.83. The molecule has 0 heterocycles. The Bertz CT molecular complexity index is 1810. The molecule has 1 amide bonds. The summed E-state index contributed by atoms with van der Waals surface area (Å²) in [5.74, 6) is -1.44. The van der Waals surface area contributed by atoms with Crippen molar-refractivity contribution in [2.75, 3.05) is 5.32 Å². The Hall–Kier alpha value is -5.42. The molecule has 5 nitrogen and oxygen atoms in total. The highest BCUT2D eigenvalue weighted by Crippen LogP contribution is 2.45. The van der Waals surface area contributed by atoms with Crippen LogP contribution in [0.2, 0.25) is 0 Å². The Labute approximate surface area is 244 Å². The highest BCUT2D eigenvalue weighted by Gasteiger charge is 2.33. The molecular weight excluding hydrogens is 520 g/mol. The van der Waals surface area contributed by atoms with Crippen LogP contribution < -0.4 is 5.32 Å². The van der Waals surface area contributed by atoms with Crippen molar-refractivity contribution in [2.45, 2.75) is 19.3 Å². The van der Waals surface area contributed by atoms with Crippen molar-refractivity contribution in [3.05, 3.63) is 160 Å². The summed E-state index contributed by atoms with van der Waals surface area (Å²) in [5, 5.41) is 11.8. The first-order valence-corrected chi connectivity index (χ1v) is 13.8. The number of aryl methyl sites for hydroxylation is 1. The molecule has 1 aliphatic rings. The van der Waals surface area contributed by atoms with Gasteiger partial charge < -0.3 is 5.32 Å². The van der Waals surface area contributed by atoms with Crippen molar-refractivity contribution in [3.63, 3.8) is 0 Å². The minimum absolute atomic E-state index is 0.0526. The van der Waals surface area contributed by atoms with Gasteiger partial charge in [0.25, 0.3) is 0 Å². The number of carbonyl (C=O) groups is 3. The molecule has 0 spiro atoms. The number of amides is 1. The van der Waals surface area contributed by atoms with Crippen molar-refractivity contribution >= 4 is 28.9 Å². The Morgan fingerprint density at radius 2 is 1.29 bits per heavy atom. The van der Waals surface area contributed by atoms with E-state index in [1.54, 1.807) is 42.5 Å². The van der Waals surface area contributed by atoms with Crippen molar-refractivity contribution in [1.29, 1.82) is 5.41 Å². The molecule has 0 radical (unpaired) electrons. The summed E-state index contributed by atoms with van der Waals surface area (Å²) >= 11 is 0. The topological polar surface area (TPSA) is 87.1 Å². The van der Waals surface area contributed by atoms with Gasteiger partial charge in [-0.1, -0.05) is 109 Å². The van der Waals surface area contributed by atoms with Gasteiger partial charge in [0.15, 0.2) is 11.6 Å². The number of fused-ring (bicyclic) bond motifs is 3. The van der Waals surface area contributed by atoms with Gasteiger partial charge in [0.2, 0.25) is 5.91 Å². The van der Waals surface area contributed by atoms with Crippen LogP contribution >= 0.6 is 0 Å². The van der Waals surface area contributed by atoms with E-state index in [1.165, 1.54) is 0 Å². The van der Waals surface area contributed by atoms with Crippen molar-refractivity contribution in [1.82, 2.24) is 0 Å². The van der Waals surface area contributed by atoms with Crippen LogP contribution in [0.15, 0.2) is 121 Å². The van der Waals surface area contributed by atoms with Gasteiger partial charge in [0, 0.05) is 28.8 Å². The van der Waals surface area contributed by atoms with Crippen molar-refractivity contribution < 1.29 is 14.4 Å². The molecule has 5 heteroatoms. The molecule has 42 heavy (non-hydrogen) atoms. The van der Waals surface area contributed by atoms with Crippen LogP contribution in [0.4, 0.5) is 5.69 Å². The minimum Gasteiger partial charge on any atom is -0.325 e. The maximum atomic E-state index is 13.8. The fraction of sp³-hybridized carbons (Fsp3) is 0.0811. The van der Waals surface area contributed by atoms with E-state index in [-0.39, 0.29) is 34.9 Å². The lowest BCUT2D eigenvalue weighted by molar-refractivity contribution is -0.116. The summed E-state index contributed by atoms with van der Waals surface area (Å²) in [4.78, 5) is 40.6. The minimum atomic E-state index is -0.500. The number of hydrogen-bond acceptors (Lipinski definition) is 4. The standard InChI is InChI=1S/C37H28N2O3/c1-23-15-17-24(18-16-23)21-33(40)35(38)31-20-19-26(22-32(31)36(41)25-9-3-2-4-10-25)39-37(42)34-29-13-7-5-11-27(29)28-12-6-8-14-30(28)34/h2-20,22,34,38H,21H2,1H3,(H,39,42). The van der Waals surface area contributed by atoms with Crippen molar-refractivity contribution in [2.24, 2.45) is 0 Å². The van der Waals surface area contributed by atoms with E-state index in [2.05, 4.69) is 5.32 Å². The largest absolute Gasteiger partial charge is 0.325 e. The molecule has 0 atom stereocenters. The molecule has 0 bridgehead atoms. The molecular formula is C37H28N2O3. The zero-order chi connectivity index (χ0) is 29.2. The number of anilines is 1. The summed E-state index contributed by atoms with van der Waals surface area (Å²) in [6, 6.07) is 36.9. The van der Waals surface area contributed by atoms with Gasteiger partial charge in [-0.2, -0.15) is 0 Å². The first-order chi connectivity index (χ1) is 20.4. The van der Waals surface area contributed by atoms with Crippen LogP contribution in [0.1, 0.15) is 49.7 Å². The summed E-state index contributed by atoms with van der Waals surface area (Å²) in [6.45, 7) is 1.97. The zero-order valence-corrected chi connectivity index (χ0v) is 23.1. The van der Waals surface area contributed by atoms with E-state index >= 15 is 0 Å². The monoisotopic (exact) mass is 548 g/mol. The fourth-order valence-electron chi connectivity index (χ4n) is 5.56. The average molecular weight is 549 g/mol. The summed E-state index contributed by atoms with van der Waals surface area (Å²) < 4.78 is 0. The van der Waals surface area contributed by atoms with E-state index in [0.29, 0.717) is 11.3 Å². The smallest absolute Gasteiger partial charge is 0.236 e. The second-order valence-corrected chi connectivity index (χ2v) is 10.5. The molecule has 2 N–H and O–H groups in total. The Balaban J connectivity index is 1.33. The van der Waals surface area contributed by atoms with Crippen molar-refractivity contribution in [3.8, 4) is 11.1 Å². The number of hydrogen-bond donors (Lipinski definition) is 2. The van der Waals surface area contributed by atoms with Crippen LogP contribution in [0.25, 0.3) is 11.1 Å². The molecule has 6 rings (SSSR count).